The van der Waals surface area contributed by atoms with Gasteiger partial charge in [0.25, 0.3) is 12.3 Å². The fraction of sp³-hybridized carbons (Fsp3) is 0.538. The van der Waals surface area contributed by atoms with Crippen LogP contribution >= 0.6 is 0 Å². The smallest absolute Gasteiger partial charge is 0.282 e. The number of nitrogens with zero attached hydrogens (tertiary/aromatic N) is 5. The number of aryl methyl sites for hydroxylation is 2. The van der Waals surface area contributed by atoms with Crippen LogP contribution in [0.3, 0.4) is 0 Å². The number of alkyl halides is 2. The van der Waals surface area contributed by atoms with Crippen LogP contribution in [0, 0.1) is 0 Å². The Labute approximate surface area is 126 Å². The second-order valence-electron chi connectivity index (χ2n) is 4.92. The van der Waals surface area contributed by atoms with Gasteiger partial charge in [0.1, 0.15) is 23.5 Å². The Hall–Kier alpha value is -2.32. The molecule has 1 atom stereocenters. The van der Waals surface area contributed by atoms with Gasteiger partial charge >= 0.3 is 0 Å². The van der Waals surface area contributed by atoms with E-state index >= 15 is 0 Å². The van der Waals surface area contributed by atoms with Gasteiger partial charge in [0.2, 0.25) is 0 Å². The molecule has 22 heavy (non-hydrogen) atoms. The highest BCUT2D eigenvalue weighted by atomic mass is 19.3. The quantitative estimate of drug-likeness (QED) is 0.883. The molecule has 2 aromatic rings. The first-order valence-electron chi connectivity index (χ1n) is 6.94. The average Bonchev–Trinajstić information content (AvgIpc) is 3.05. The van der Waals surface area contributed by atoms with Gasteiger partial charge < -0.3 is 5.32 Å². The number of carbonyl (C=O) groups excluding carboxylic acids is 1. The molecule has 0 bridgehead atoms. The molecule has 0 radical (unpaired) electrons. The first-order chi connectivity index (χ1) is 10.4. The van der Waals surface area contributed by atoms with Crippen molar-refractivity contribution >= 4 is 5.91 Å². The predicted molar refractivity (Wildman–Crippen MR) is 74.4 cm³/mol. The average molecular weight is 312 g/mol. The van der Waals surface area contributed by atoms with E-state index in [4.69, 9.17) is 0 Å². The standard InChI is InChI=1S/C13H18F2N6O/c1-4-5-21-12(16-7-17-21)8(2)18-13(22)10-6-9(11(14)15)19-20(10)3/h6-8,11H,4-5H2,1-3H3,(H,18,22)/t8-/m1/s1. The summed E-state index contributed by atoms with van der Waals surface area (Å²) >= 11 is 0. The Balaban J connectivity index is 2.12. The maximum Gasteiger partial charge on any atom is 0.282 e. The van der Waals surface area contributed by atoms with Crippen molar-refractivity contribution in [3.05, 3.63) is 29.6 Å². The first kappa shape index (κ1) is 16.1. The Kier molecular flexibility index (Phi) is 4.84. The maximum atomic E-state index is 12.6. The summed E-state index contributed by atoms with van der Waals surface area (Å²) in [5, 5.41) is 10.4. The summed E-state index contributed by atoms with van der Waals surface area (Å²) in [6.45, 7) is 4.46. The van der Waals surface area contributed by atoms with Crippen molar-refractivity contribution in [3.63, 3.8) is 0 Å². The fourth-order valence-corrected chi connectivity index (χ4v) is 2.14. The highest BCUT2D eigenvalue weighted by molar-refractivity contribution is 5.92. The van der Waals surface area contributed by atoms with Crippen LogP contribution in [0.2, 0.25) is 0 Å². The van der Waals surface area contributed by atoms with Gasteiger partial charge in [0, 0.05) is 13.6 Å². The zero-order valence-corrected chi connectivity index (χ0v) is 12.6. The number of amides is 1. The van der Waals surface area contributed by atoms with Crippen molar-refractivity contribution in [2.24, 2.45) is 7.05 Å². The topological polar surface area (TPSA) is 77.6 Å². The minimum atomic E-state index is -2.71. The van der Waals surface area contributed by atoms with E-state index in [0.29, 0.717) is 12.4 Å². The van der Waals surface area contributed by atoms with E-state index in [-0.39, 0.29) is 5.69 Å². The third kappa shape index (κ3) is 3.29. The number of hydrogen-bond acceptors (Lipinski definition) is 4. The monoisotopic (exact) mass is 312 g/mol. The lowest BCUT2D eigenvalue weighted by Gasteiger charge is -2.14. The molecule has 0 saturated heterocycles. The first-order valence-corrected chi connectivity index (χ1v) is 6.94. The lowest BCUT2D eigenvalue weighted by Crippen LogP contribution is -2.30. The maximum absolute atomic E-state index is 12.6. The van der Waals surface area contributed by atoms with Crippen LogP contribution in [-0.4, -0.2) is 30.5 Å². The van der Waals surface area contributed by atoms with Crippen LogP contribution in [0.5, 0.6) is 0 Å². The molecule has 0 aliphatic heterocycles. The van der Waals surface area contributed by atoms with Crippen LogP contribution < -0.4 is 5.32 Å². The van der Waals surface area contributed by atoms with E-state index in [1.54, 1.807) is 11.6 Å². The fourth-order valence-electron chi connectivity index (χ4n) is 2.14. The van der Waals surface area contributed by atoms with Crippen molar-refractivity contribution in [1.29, 1.82) is 0 Å². The highest BCUT2D eigenvalue weighted by Gasteiger charge is 2.21. The van der Waals surface area contributed by atoms with Gasteiger partial charge in [-0.25, -0.2) is 18.4 Å². The van der Waals surface area contributed by atoms with Gasteiger partial charge in [0.05, 0.1) is 6.04 Å². The SMILES string of the molecule is CCCn1ncnc1[C@@H](C)NC(=O)c1cc(C(F)F)nn1C. The number of aromatic nitrogens is 5. The van der Waals surface area contributed by atoms with Crippen LogP contribution in [0.15, 0.2) is 12.4 Å². The van der Waals surface area contributed by atoms with E-state index in [0.717, 1.165) is 17.2 Å². The van der Waals surface area contributed by atoms with Crippen LogP contribution in [0.1, 0.15) is 54.7 Å². The molecule has 2 heterocycles. The van der Waals surface area contributed by atoms with Crippen molar-refractivity contribution in [2.75, 3.05) is 0 Å². The Morgan fingerprint density at radius 3 is 2.77 bits per heavy atom. The number of halogens is 2. The lowest BCUT2D eigenvalue weighted by molar-refractivity contribution is 0.0928. The van der Waals surface area contributed by atoms with E-state index in [1.165, 1.54) is 13.4 Å². The Morgan fingerprint density at radius 2 is 2.18 bits per heavy atom. The summed E-state index contributed by atoms with van der Waals surface area (Å²) in [5.74, 6) is 0.131. The van der Waals surface area contributed by atoms with Crippen LogP contribution in [-0.2, 0) is 13.6 Å². The van der Waals surface area contributed by atoms with E-state index in [9.17, 15) is 13.6 Å². The molecule has 0 aliphatic carbocycles. The summed E-state index contributed by atoms with van der Waals surface area (Å²) in [4.78, 5) is 16.3. The van der Waals surface area contributed by atoms with Gasteiger partial charge in [-0.1, -0.05) is 6.92 Å². The molecular formula is C13H18F2N6O. The molecule has 0 unspecified atom stereocenters. The van der Waals surface area contributed by atoms with Crippen LogP contribution in [0.4, 0.5) is 8.78 Å². The minimum absolute atomic E-state index is 0.0729. The van der Waals surface area contributed by atoms with Gasteiger partial charge in [0.15, 0.2) is 0 Å². The summed E-state index contributed by atoms with van der Waals surface area (Å²) in [5.41, 5.74) is -0.349. The second kappa shape index (κ2) is 6.63. The number of carbonyl (C=O) groups is 1. The molecule has 0 aliphatic rings. The van der Waals surface area contributed by atoms with Crippen molar-refractivity contribution in [2.45, 2.75) is 39.3 Å². The van der Waals surface area contributed by atoms with E-state index < -0.39 is 24.1 Å². The summed E-state index contributed by atoms with van der Waals surface area (Å²) in [6.07, 6.45) is -0.402. The van der Waals surface area contributed by atoms with Crippen LogP contribution in [0.25, 0.3) is 0 Å². The lowest BCUT2D eigenvalue weighted by atomic mass is 10.2. The summed E-state index contributed by atoms with van der Waals surface area (Å²) < 4.78 is 28.1. The van der Waals surface area contributed by atoms with Crippen molar-refractivity contribution in [3.8, 4) is 0 Å². The molecule has 0 aromatic carbocycles. The molecule has 1 N–H and O–H groups in total. The molecule has 2 aromatic heterocycles. The number of nitrogens with one attached hydrogen (secondary N) is 1. The van der Waals surface area contributed by atoms with Gasteiger partial charge in [-0.3, -0.25) is 9.48 Å². The molecule has 7 nitrogen and oxygen atoms in total. The highest BCUT2D eigenvalue weighted by Crippen LogP contribution is 2.18. The molecule has 0 spiro atoms. The molecule has 2 rings (SSSR count). The van der Waals surface area contributed by atoms with Gasteiger partial charge in [-0.2, -0.15) is 10.2 Å². The molecular weight excluding hydrogens is 294 g/mol. The normalized spacial score (nSPS) is 12.6. The van der Waals surface area contributed by atoms with Gasteiger partial charge in [-0.05, 0) is 19.4 Å². The minimum Gasteiger partial charge on any atom is -0.341 e. The van der Waals surface area contributed by atoms with Gasteiger partial charge in [-0.15, -0.1) is 0 Å². The largest absolute Gasteiger partial charge is 0.341 e. The Morgan fingerprint density at radius 1 is 1.45 bits per heavy atom. The molecule has 9 heteroatoms. The summed E-state index contributed by atoms with van der Waals surface area (Å²) in [7, 11) is 1.45. The third-order valence-electron chi connectivity index (χ3n) is 3.17. The molecule has 0 saturated carbocycles. The number of hydrogen-bond donors (Lipinski definition) is 1. The van der Waals surface area contributed by atoms with Crippen molar-refractivity contribution in [1.82, 2.24) is 29.9 Å². The molecule has 120 valence electrons. The van der Waals surface area contributed by atoms with E-state index in [1.807, 2.05) is 6.92 Å². The van der Waals surface area contributed by atoms with E-state index in [2.05, 4.69) is 20.5 Å². The molecule has 1 amide bonds. The zero-order valence-electron chi connectivity index (χ0n) is 12.6. The number of rotatable bonds is 6. The Bertz CT molecular complexity index is 651. The second-order valence-corrected chi connectivity index (χ2v) is 4.92. The van der Waals surface area contributed by atoms with Crippen molar-refractivity contribution < 1.29 is 13.6 Å². The zero-order chi connectivity index (χ0) is 16.3. The summed E-state index contributed by atoms with van der Waals surface area (Å²) in [6, 6.07) is 0.690. The predicted octanol–water partition coefficient (Wildman–Crippen LogP) is 1.85. The third-order valence-corrected chi connectivity index (χ3v) is 3.17. The molecule has 0 fully saturated rings.